The van der Waals surface area contributed by atoms with Crippen LogP contribution in [-0.4, -0.2) is 30.0 Å². The minimum Gasteiger partial charge on any atom is -0.445 e. The fourth-order valence-corrected chi connectivity index (χ4v) is 5.16. The molecular weight excluding hydrogens is 502 g/mol. The first-order valence-electron chi connectivity index (χ1n) is 10.8. The topological polar surface area (TPSA) is 102 Å². The number of alkyl carbamates (subject to hydrolysis) is 1. The zero-order valence-electron chi connectivity index (χ0n) is 18.0. The molecule has 0 saturated heterocycles. The number of carbonyl (C=O) groups excluding carboxylic acids is 2. The number of nitrogens with one attached hydrogen (secondary N) is 1. The van der Waals surface area contributed by atoms with Gasteiger partial charge in [0.1, 0.15) is 18.8 Å². The quantitative estimate of drug-likeness (QED) is 0.301. The predicted octanol–water partition coefficient (Wildman–Crippen LogP) is 4.74. The van der Waals surface area contributed by atoms with Crippen molar-refractivity contribution in [3.63, 3.8) is 0 Å². The molecule has 2 amide bonds. The Labute approximate surface area is 203 Å². The predicted molar refractivity (Wildman–Crippen MR) is 130 cm³/mol. The second-order valence-electron chi connectivity index (χ2n) is 8.19. The van der Waals surface area contributed by atoms with Crippen molar-refractivity contribution in [3.8, 4) is 11.1 Å². The Kier molecular flexibility index (Phi) is 5.79. The second kappa shape index (κ2) is 8.90. The number of nitrogens with zero attached hydrogens (tertiary/aromatic N) is 2. The zero-order valence-corrected chi connectivity index (χ0v) is 19.6. The third-order valence-electron chi connectivity index (χ3n) is 6.20. The van der Waals surface area contributed by atoms with Crippen LogP contribution in [0.4, 0.5) is 16.2 Å². The van der Waals surface area contributed by atoms with E-state index in [4.69, 9.17) is 4.74 Å². The number of ether oxygens (including phenoxy) is 1. The van der Waals surface area contributed by atoms with Crippen LogP contribution in [0, 0.1) is 10.1 Å². The van der Waals surface area contributed by atoms with E-state index in [-0.39, 0.29) is 24.5 Å². The Hall–Kier alpha value is -3.72. The smallest absolute Gasteiger partial charge is 0.407 e. The number of amides is 2. The molecule has 172 valence electrons. The molecule has 0 fully saturated rings. The number of halogens is 1. The van der Waals surface area contributed by atoms with Gasteiger partial charge < -0.3 is 15.0 Å². The van der Waals surface area contributed by atoms with Gasteiger partial charge in [-0.2, -0.15) is 0 Å². The van der Waals surface area contributed by atoms with Crippen molar-refractivity contribution in [2.45, 2.75) is 19.4 Å². The Balaban J connectivity index is 1.21. The minimum absolute atomic E-state index is 0.0865. The van der Waals surface area contributed by atoms with Crippen molar-refractivity contribution in [1.29, 1.82) is 0 Å². The van der Waals surface area contributed by atoms with E-state index in [9.17, 15) is 19.7 Å². The van der Waals surface area contributed by atoms with Gasteiger partial charge in [-0.05, 0) is 52.3 Å². The SMILES string of the molecule is O=C(NCC(=O)N1CCc2cc(Br)cc([N+](=O)[O-])c21)OCc1cccc2c1Cc1ccccc1-2. The molecule has 0 radical (unpaired) electrons. The van der Waals surface area contributed by atoms with Crippen molar-refractivity contribution in [2.75, 3.05) is 18.0 Å². The lowest BCUT2D eigenvalue weighted by Gasteiger charge is -2.18. The van der Waals surface area contributed by atoms with Gasteiger partial charge in [0.2, 0.25) is 5.91 Å². The Bertz CT molecular complexity index is 1340. The van der Waals surface area contributed by atoms with Crippen LogP contribution < -0.4 is 10.2 Å². The lowest BCUT2D eigenvalue weighted by Crippen LogP contribution is -2.39. The van der Waals surface area contributed by atoms with Crippen molar-refractivity contribution in [2.24, 2.45) is 0 Å². The zero-order chi connectivity index (χ0) is 23.8. The van der Waals surface area contributed by atoms with Crippen LogP contribution in [0.15, 0.2) is 59.1 Å². The number of carbonyl (C=O) groups is 2. The molecule has 34 heavy (non-hydrogen) atoms. The van der Waals surface area contributed by atoms with Gasteiger partial charge in [-0.1, -0.05) is 58.4 Å². The molecule has 0 spiro atoms. The van der Waals surface area contributed by atoms with Crippen LogP contribution in [0.1, 0.15) is 22.3 Å². The first-order valence-corrected chi connectivity index (χ1v) is 11.6. The molecule has 0 bridgehead atoms. The van der Waals surface area contributed by atoms with E-state index in [0.717, 1.165) is 28.7 Å². The summed E-state index contributed by atoms with van der Waals surface area (Å²) in [5.74, 6) is -0.433. The summed E-state index contributed by atoms with van der Waals surface area (Å²) in [6.07, 6.45) is 0.577. The molecule has 5 rings (SSSR count). The number of nitro benzene ring substituents is 1. The van der Waals surface area contributed by atoms with E-state index in [1.165, 1.54) is 22.1 Å². The van der Waals surface area contributed by atoms with Crippen LogP contribution >= 0.6 is 15.9 Å². The number of anilines is 1. The number of hydrogen-bond donors (Lipinski definition) is 1. The van der Waals surface area contributed by atoms with Gasteiger partial charge in [-0.3, -0.25) is 14.9 Å². The number of benzene rings is 3. The molecule has 0 atom stereocenters. The normalized spacial score (nSPS) is 13.1. The van der Waals surface area contributed by atoms with Crippen LogP contribution in [0.3, 0.4) is 0 Å². The summed E-state index contributed by atoms with van der Waals surface area (Å²) in [5, 5.41) is 14.0. The third kappa shape index (κ3) is 4.03. The van der Waals surface area contributed by atoms with Crippen molar-refractivity contribution in [3.05, 3.63) is 91.4 Å². The van der Waals surface area contributed by atoms with E-state index in [1.54, 1.807) is 6.07 Å². The number of nitro groups is 1. The van der Waals surface area contributed by atoms with Gasteiger partial charge in [0.15, 0.2) is 0 Å². The minimum atomic E-state index is -0.716. The van der Waals surface area contributed by atoms with Gasteiger partial charge in [0, 0.05) is 17.1 Å². The first kappa shape index (κ1) is 22.1. The molecular formula is C25H20BrN3O5. The van der Waals surface area contributed by atoms with Crippen LogP contribution in [0.25, 0.3) is 11.1 Å². The summed E-state index contributed by atoms with van der Waals surface area (Å²) in [6, 6.07) is 17.3. The molecule has 0 saturated carbocycles. The average molecular weight is 522 g/mol. The molecule has 2 aliphatic rings. The first-order chi connectivity index (χ1) is 16.4. The molecule has 1 aliphatic heterocycles. The van der Waals surface area contributed by atoms with Crippen molar-refractivity contribution >= 4 is 39.3 Å². The summed E-state index contributed by atoms with van der Waals surface area (Å²) < 4.78 is 5.96. The fourth-order valence-electron chi connectivity index (χ4n) is 4.67. The average Bonchev–Trinajstić information content (AvgIpc) is 3.42. The van der Waals surface area contributed by atoms with Gasteiger partial charge in [0.05, 0.1) is 4.92 Å². The molecule has 1 N–H and O–H groups in total. The van der Waals surface area contributed by atoms with Gasteiger partial charge >= 0.3 is 6.09 Å². The Morgan fingerprint density at radius 2 is 1.88 bits per heavy atom. The van der Waals surface area contributed by atoms with E-state index in [0.29, 0.717) is 17.4 Å². The van der Waals surface area contributed by atoms with Gasteiger partial charge in [-0.15, -0.1) is 0 Å². The van der Waals surface area contributed by atoms with Gasteiger partial charge in [-0.25, -0.2) is 4.79 Å². The molecule has 0 unspecified atom stereocenters. The van der Waals surface area contributed by atoms with Crippen molar-refractivity contribution in [1.82, 2.24) is 5.32 Å². The second-order valence-corrected chi connectivity index (χ2v) is 9.11. The van der Waals surface area contributed by atoms with E-state index < -0.39 is 16.9 Å². The molecule has 3 aromatic carbocycles. The summed E-state index contributed by atoms with van der Waals surface area (Å²) in [6.45, 7) is 0.0892. The van der Waals surface area contributed by atoms with Crippen LogP contribution in [0.2, 0.25) is 0 Å². The molecule has 3 aromatic rings. The molecule has 1 aliphatic carbocycles. The highest BCUT2D eigenvalue weighted by molar-refractivity contribution is 9.10. The van der Waals surface area contributed by atoms with E-state index in [2.05, 4.69) is 39.4 Å². The molecule has 8 nitrogen and oxygen atoms in total. The lowest BCUT2D eigenvalue weighted by molar-refractivity contribution is -0.384. The van der Waals surface area contributed by atoms with Gasteiger partial charge in [0.25, 0.3) is 5.69 Å². The monoisotopic (exact) mass is 521 g/mol. The van der Waals surface area contributed by atoms with E-state index in [1.807, 2.05) is 24.3 Å². The molecule has 9 heteroatoms. The number of rotatable bonds is 5. The summed E-state index contributed by atoms with van der Waals surface area (Å²) in [7, 11) is 0. The number of hydrogen-bond acceptors (Lipinski definition) is 5. The summed E-state index contributed by atoms with van der Waals surface area (Å²) in [5.41, 5.74) is 6.51. The number of fused-ring (bicyclic) bond motifs is 4. The van der Waals surface area contributed by atoms with Crippen LogP contribution in [-0.2, 0) is 29.0 Å². The third-order valence-corrected chi connectivity index (χ3v) is 6.65. The summed E-state index contributed by atoms with van der Waals surface area (Å²) >= 11 is 3.27. The highest BCUT2D eigenvalue weighted by Crippen LogP contribution is 2.40. The highest BCUT2D eigenvalue weighted by atomic mass is 79.9. The highest BCUT2D eigenvalue weighted by Gasteiger charge is 2.33. The van der Waals surface area contributed by atoms with Crippen LogP contribution in [0.5, 0.6) is 0 Å². The lowest BCUT2D eigenvalue weighted by atomic mass is 10.0. The Morgan fingerprint density at radius 3 is 2.71 bits per heavy atom. The maximum absolute atomic E-state index is 12.7. The van der Waals surface area contributed by atoms with E-state index >= 15 is 0 Å². The molecule has 1 heterocycles. The fraction of sp³-hybridized carbons (Fsp3) is 0.200. The standard InChI is InChI=1S/C25H20BrN3O5/c26-18-10-16-8-9-28(24(16)22(12-18)29(32)33)23(30)13-27-25(31)34-14-17-5-3-7-20-19-6-2-1-4-15(19)11-21(17)20/h1-7,10,12H,8-9,11,13-14H2,(H,27,31). The maximum atomic E-state index is 12.7. The summed E-state index contributed by atoms with van der Waals surface area (Å²) in [4.78, 5) is 37.4. The molecule has 0 aromatic heterocycles. The van der Waals surface area contributed by atoms with Crippen molar-refractivity contribution < 1.29 is 19.2 Å². The maximum Gasteiger partial charge on any atom is 0.407 e. The largest absolute Gasteiger partial charge is 0.445 e. The Morgan fingerprint density at radius 1 is 1.09 bits per heavy atom.